The summed E-state index contributed by atoms with van der Waals surface area (Å²) in [5.41, 5.74) is 6.17. The summed E-state index contributed by atoms with van der Waals surface area (Å²) in [5, 5.41) is 7.40. The summed E-state index contributed by atoms with van der Waals surface area (Å²) in [6.45, 7) is 4.21. The first-order valence-electron chi connectivity index (χ1n) is 9.83. The van der Waals surface area contributed by atoms with Crippen LogP contribution in [0.3, 0.4) is 0 Å². The van der Waals surface area contributed by atoms with E-state index in [2.05, 4.69) is 12.5 Å². The van der Waals surface area contributed by atoms with Crippen LogP contribution in [-0.2, 0) is 6.54 Å². The molecule has 3 aromatic rings. The molecule has 29 heavy (non-hydrogen) atoms. The van der Waals surface area contributed by atoms with Crippen LogP contribution < -0.4 is 10.3 Å². The van der Waals surface area contributed by atoms with Gasteiger partial charge in [-0.2, -0.15) is 5.10 Å². The van der Waals surface area contributed by atoms with Gasteiger partial charge in [0.05, 0.1) is 45.3 Å². The van der Waals surface area contributed by atoms with Crippen LogP contribution >= 0.6 is 11.6 Å². The third kappa shape index (κ3) is 4.67. The maximum atomic E-state index is 13.1. The van der Waals surface area contributed by atoms with Gasteiger partial charge in [0.2, 0.25) is 0 Å². The fourth-order valence-corrected chi connectivity index (χ4v) is 3.68. The molecule has 0 spiro atoms. The molecule has 1 aliphatic rings. The molecule has 4 rings (SSSR count). The first kappa shape index (κ1) is 19.6. The Morgan fingerprint density at radius 3 is 2.52 bits per heavy atom. The zero-order valence-corrected chi connectivity index (χ0v) is 17.2. The Balaban J connectivity index is 1.61. The van der Waals surface area contributed by atoms with Crippen molar-refractivity contribution < 1.29 is 9.69 Å². The number of piperazine rings is 1. The van der Waals surface area contributed by atoms with Gasteiger partial charge in [0, 0.05) is 16.8 Å². The smallest absolute Gasteiger partial charge is 0.269 e. The molecule has 6 nitrogen and oxygen atoms in total. The highest BCUT2D eigenvalue weighted by molar-refractivity contribution is 6.31. The van der Waals surface area contributed by atoms with Gasteiger partial charge in [-0.3, -0.25) is 14.9 Å². The average molecular weight is 411 g/mol. The largest absolute Gasteiger partial charge is 0.335 e. The normalized spacial score (nSPS) is 15.4. The van der Waals surface area contributed by atoms with Crippen LogP contribution in [0.15, 0.2) is 60.8 Å². The van der Waals surface area contributed by atoms with Crippen LogP contribution in [0, 0.1) is 0 Å². The molecule has 0 atom stereocenters. The summed E-state index contributed by atoms with van der Waals surface area (Å²) < 4.78 is 1.78. The van der Waals surface area contributed by atoms with E-state index in [1.165, 1.54) is 4.90 Å². The van der Waals surface area contributed by atoms with Crippen molar-refractivity contribution in [1.82, 2.24) is 20.2 Å². The van der Waals surface area contributed by atoms with Crippen molar-refractivity contribution in [3.8, 4) is 11.3 Å². The molecule has 0 radical (unpaired) electrons. The lowest BCUT2D eigenvalue weighted by atomic mass is 10.1. The van der Waals surface area contributed by atoms with Gasteiger partial charge in [-0.05, 0) is 11.6 Å². The number of nitrogens with one attached hydrogen (secondary N) is 2. The van der Waals surface area contributed by atoms with Crippen molar-refractivity contribution in [2.24, 2.45) is 0 Å². The lowest BCUT2D eigenvalue weighted by Gasteiger charge is -2.30. The minimum absolute atomic E-state index is 0.131. The van der Waals surface area contributed by atoms with Crippen LogP contribution in [-0.4, -0.2) is 53.9 Å². The van der Waals surface area contributed by atoms with Crippen molar-refractivity contribution in [1.29, 1.82) is 0 Å². The first-order chi connectivity index (χ1) is 14.1. The number of quaternary nitrogens is 1. The standard InChI is InChI=1S/C22H24ClN5O/c1-26-11-13-27(14-12-26)25-22(29)19-16-28(15-18-9-5-6-10-20(18)23)24-21(19)17-7-3-2-4-8-17/h2-10,16H,11-15H2,1H3,(H,25,29)/p+1. The number of carbonyl (C=O) groups excluding carboxylic acids is 1. The molecule has 7 heteroatoms. The molecule has 2 heterocycles. The van der Waals surface area contributed by atoms with E-state index in [1.54, 1.807) is 4.68 Å². The van der Waals surface area contributed by atoms with E-state index in [0.29, 0.717) is 22.8 Å². The Labute approximate surface area is 175 Å². The Hall–Kier alpha value is -2.67. The fourth-order valence-electron chi connectivity index (χ4n) is 3.48. The quantitative estimate of drug-likeness (QED) is 0.673. The van der Waals surface area contributed by atoms with Gasteiger partial charge in [0.25, 0.3) is 5.91 Å². The lowest BCUT2D eigenvalue weighted by Crippen LogP contribution is -3.12. The van der Waals surface area contributed by atoms with Crippen molar-refractivity contribution in [3.63, 3.8) is 0 Å². The van der Waals surface area contributed by atoms with E-state index in [4.69, 9.17) is 16.7 Å². The highest BCUT2D eigenvalue weighted by Crippen LogP contribution is 2.23. The Kier molecular flexibility index (Phi) is 5.94. The van der Waals surface area contributed by atoms with E-state index in [-0.39, 0.29) is 5.91 Å². The first-order valence-corrected chi connectivity index (χ1v) is 10.2. The SMILES string of the molecule is C[NH+]1CCN(NC(=O)c2cn(Cc3ccccc3Cl)nc2-c2ccccc2)CC1. The second-order valence-corrected chi connectivity index (χ2v) is 7.84. The number of aromatic nitrogens is 2. The number of hydrogen-bond acceptors (Lipinski definition) is 3. The van der Waals surface area contributed by atoms with Crippen LogP contribution in [0.2, 0.25) is 5.02 Å². The summed E-state index contributed by atoms with van der Waals surface area (Å²) in [6, 6.07) is 17.5. The minimum Gasteiger partial charge on any atom is -0.335 e. The number of amides is 1. The third-order valence-corrected chi connectivity index (χ3v) is 5.59. The zero-order valence-electron chi connectivity index (χ0n) is 16.4. The second-order valence-electron chi connectivity index (χ2n) is 7.43. The number of benzene rings is 2. The summed E-state index contributed by atoms with van der Waals surface area (Å²) >= 11 is 6.31. The minimum atomic E-state index is -0.131. The predicted octanol–water partition coefficient (Wildman–Crippen LogP) is 1.73. The fraction of sp³-hybridized carbons (Fsp3) is 0.273. The Morgan fingerprint density at radius 2 is 1.79 bits per heavy atom. The average Bonchev–Trinajstić information content (AvgIpc) is 3.16. The number of carbonyl (C=O) groups is 1. The molecule has 0 bridgehead atoms. The highest BCUT2D eigenvalue weighted by Gasteiger charge is 2.23. The number of hydrogen-bond donors (Lipinski definition) is 2. The molecule has 1 aliphatic heterocycles. The molecule has 1 amide bonds. The lowest BCUT2D eigenvalue weighted by molar-refractivity contribution is -0.884. The summed E-state index contributed by atoms with van der Waals surface area (Å²) in [6.07, 6.45) is 1.81. The molecule has 2 aromatic carbocycles. The van der Waals surface area contributed by atoms with Gasteiger partial charge in [-0.25, -0.2) is 5.01 Å². The molecule has 0 saturated carbocycles. The van der Waals surface area contributed by atoms with Gasteiger partial charge in [-0.1, -0.05) is 60.1 Å². The zero-order chi connectivity index (χ0) is 20.2. The van der Waals surface area contributed by atoms with E-state index in [0.717, 1.165) is 37.3 Å². The number of nitrogens with zero attached hydrogens (tertiary/aromatic N) is 3. The van der Waals surface area contributed by atoms with Gasteiger partial charge >= 0.3 is 0 Å². The molecular formula is C22H25ClN5O+. The van der Waals surface area contributed by atoms with E-state index in [1.807, 2.05) is 65.8 Å². The molecule has 150 valence electrons. The van der Waals surface area contributed by atoms with Crippen LogP contribution in [0.5, 0.6) is 0 Å². The van der Waals surface area contributed by atoms with Crippen LogP contribution in [0.25, 0.3) is 11.3 Å². The maximum absolute atomic E-state index is 13.1. The van der Waals surface area contributed by atoms with Gasteiger partial charge in [0.15, 0.2) is 0 Å². The number of hydrazine groups is 1. The van der Waals surface area contributed by atoms with Crippen molar-refractivity contribution >= 4 is 17.5 Å². The molecule has 0 unspecified atom stereocenters. The summed E-state index contributed by atoms with van der Waals surface area (Å²) in [7, 11) is 2.17. The van der Waals surface area contributed by atoms with Crippen LogP contribution in [0.4, 0.5) is 0 Å². The summed E-state index contributed by atoms with van der Waals surface area (Å²) in [4.78, 5) is 14.6. The van der Waals surface area contributed by atoms with Gasteiger partial charge < -0.3 is 4.90 Å². The monoisotopic (exact) mass is 410 g/mol. The molecule has 2 N–H and O–H groups in total. The molecule has 0 aliphatic carbocycles. The van der Waals surface area contributed by atoms with Crippen molar-refractivity contribution in [3.05, 3.63) is 76.9 Å². The Bertz CT molecular complexity index is 980. The van der Waals surface area contributed by atoms with Crippen molar-refractivity contribution in [2.45, 2.75) is 6.54 Å². The van der Waals surface area contributed by atoms with Crippen molar-refractivity contribution in [2.75, 3.05) is 33.2 Å². The second kappa shape index (κ2) is 8.78. The highest BCUT2D eigenvalue weighted by atomic mass is 35.5. The molecule has 1 aromatic heterocycles. The van der Waals surface area contributed by atoms with E-state index < -0.39 is 0 Å². The van der Waals surface area contributed by atoms with Gasteiger partial charge in [-0.15, -0.1) is 0 Å². The Morgan fingerprint density at radius 1 is 1.10 bits per heavy atom. The number of rotatable bonds is 5. The molecule has 1 fully saturated rings. The maximum Gasteiger partial charge on any atom is 0.269 e. The number of halogens is 1. The van der Waals surface area contributed by atoms with E-state index >= 15 is 0 Å². The molecule has 1 saturated heterocycles. The topological polar surface area (TPSA) is 54.6 Å². The molecular weight excluding hydrogens is 386 g/mol. The summed E-state index contributed by atoms with van der Waals surface area (Å²) in [5.74, 6) is -0.131. The predicted molar refractivity (Wildman–Crippen MR) is 114 cm³/mol. The van der Waals surface area contributed by atoms with Crippen LogP contribution in [0.1, 0.15) is 15.9 Å². The van der Waals surface area contributed by atoms with E-state index in [9.17, 15) is 4.79 Å². The third-order valence-electron chi connectivity index (χ3n) is 5.22. The van der Waals surface area contributed by atoms with Gasteiger partial charge in [0.1, 0.15) is 5.69 Å². The number of likely N-dealkylation sites (N-methyl/N-ethyl adjacent to an activating group) is 1.